The lowest BCUT2D eigenvalue weighted by molar-refractivity contribution is -0.119. The summed E-state index contributed by atoms with van der Waals surface area (Å²) in [7, 11) is -3.92. The van der Waals surface area contributed by atoms with Gasteiger partial charge >= 0.3 is 0 Å². The third kappa shape index (κ3) is 4.04. The first kappa shape index (κ1) is 21.0. The van der Waals surface area contributed by atoms with Crippen LogP contribution >= 0.6 is 0 Å². The number of hydrogen-bond donors (Lipinski definition) is 2. The summed E-state index contributed by atoms with van der Waals surface area (Å²) in [6.45, 7) is 7.06. The van der Waals surface area contributed by atoms with Gasteiger partial charge in [0, 0.05) is 17.9 Å². The molecule has 0 saturated heterocycles. The fraction of sp³-hybridized carbons (Fsp3) is 0.333. The summed E-state index contributed by atoms with van der Waals surface area (Å²) in [5, 5.41) is 5.49. The molecule has 2 N–H and O–H groups in total. The van der Waals surface area contributed by atoms with Gasteiger partial charge in [0.2, 0.25) is 21.8 Å². The van der Waals surface area contributed by atoms with Crippen LogP contribution in [0.15, 0.2) is 47.4 Å². The average molecular weight is 416 g/mol. The SMILES string of the molecule is CCN([C@H](C)C(=O)Nc1ccc(C)cc1)S(=O)(=O)c1ccc2c(c1)[C@H](C)C(=O)N2. The Morgan fingerprint density at radius 3 is 2.48 bits per heavy atom. The smallest absolute Gasteiger partial charge is 0.243 e. The van der Waals surface area contributed by atoms with Gasteiger partial charge in [0.15, 0.2) is 0 Å². The number of carbonyl (C=O) groups excluding carboxylic acids is 2. The molecule has 29 heavy (non-hydrogen) atoms. The number of sulfonamides is 1. The van der Waals surface area contributed by atoms with Crippen molar-refractivity contribution in [3.8, 4) is 0 Å². The van der Waals surface area contributed by atoms with Crippen molar-refractivity contribution in [2.24, 2.45) is 0 Å². The van der Waals surface area contributed by atoms with Gasteiger partial charge in [-0.05, 0) is 56.7 Å². The van der Waals surface area contributed by atoms with E-state index in [2.05, 4.69) is 10.6 Å². The average Bonchev–Trinajstić information content (AvgIpc) is 2.97. The van der Waals surface area contributed by atoms with E-state index in [0.717, 1.165) is 9.87 Å². The van der Waals surface area contributed by atoms with Crippen LogP contribution < -0.4 is 10.6 Å². The number of amides is 2. The number of carbonyl (C=O) groups is 2. The first-order chi connectivity index (χ1) is 13.6. The van der Waals surface area contributed by atoms with Gasteiger partial charge in [-0.3, -0.25) is 9.59 Å². The number of likely N-dealkylation sites (N-methyl/N-ethyl adjacent to an activating group) is 1. The van der Waals surface area contributed by atoms with Crippen molar-refractivity contribution in [3.05, 3.63) is 53.6 Å². The minimum atomic E-state index is -3.92. The van der Waals surface area contributed by atoms with E-state index in [-0.39, 0.29) is 17.3 Å². The quantitative estimate of drug-likeness (QED) is 0.758. The lowest BCUT2D eigenvalue weighted by Crippen LogP contribution is -2.45. The number of aryl methyl sites for hydroxylation is 1. The molecular formula is C21H25N3O4S. The molecule has 0 aromatic heterocycles. The van der Waals surface area contributed by atoms with Crippen LogP contribution in [0.2, 0.25) is 0 Å². The first-order valence-electron chi connectivity index (χ1n) is 9.49. The number of hydrogen-bond acceptors (Lipinski definition) is 4. The van der Waals surface area contributed by atoms with Gasteiger partial charge in [-0.15, -0.1) is 0 Å². The van der Waals surface area contributed by atoms with Gasteiger partial charge in [-0.2, -0.15) is 4.31 Å². The van der Waals surface area contributed by atoms with Gasteiger partial charge in [-0.25, -0.2) is 8.42 Å². The van der Waals surface area contributed by atoms with E-state index in [0.29, 0.717) is 16.9 Å². The Balaban J connectivity index is 1.85. The molecule has 2 aromatic carbocycles. The molecule has 2 aromatic rings. The number of nitrogens with zero attached hydrogens (tertiary/aromatic N) is 1. The van der Waals surface area contributed by atoms with E-state index in [1.54, 1.807) is 39.0 Å². The van der Waals surface area contributed by atoms with Crippen LogP contribution in [0.3, 0.4) is 0 Å². The van der Waals surface area contributed by atoms with Crippen LogP contribution in [0, 0.1) is 6.92 Å². The number of benzene rings is 2. The summed E-state index contributed by atoms with van der Waals surface area (Å²) in [4.78, 5) is 24.6. The van der Waals surface area contributed by atoms with Crippen molar-refractivity contribution in [1.29, 1.82) is 0 Å². The van der Waals surface area contributed by atoms with Gasteiger partial charge in [0.1, 0.15) is 6.04 Å². The Morgan fingerprint density at radius 1 is 1.21 bits per heavy atom. The largest absolute Gasteiger partial charge is 0.325 e. The predicted molar refractivity (Wildman–Crippen MR) is 112 cm³/mol. The Labute approximate surface area is 171 Å². The number of nitrogens with one attached hydrogen (secondary N) is 2. The van der Waals surface area contributed by atoms with Crippen LogP contribution in [0.1, 0.15) is 37.8 Å². The summed E-state index contributed by atoms with van der Waals surface area (Å²) >= 11 is 0. The van der Waals surface area contributed by atoms with E-state index in [1.165, 1.54) is 12.1 Å². The van der Waals surface area contributed by atoms with E-state index >= 15 is 0 Å². The van der Waals surface area contributed by atoms with E-state index in [1.807, 2.05) is 19.1 Å². The molecule has 2 atom stereocenters. The zero-order chi connectivity index (χ0) is 21.3. The van der Waals surface area contributed by atoms with E-state index in [4.69, 9.17) is 0 Å². The second-order valence-electron chi connectivity index (χ2n) is 7.20. The van der Waals surface area contributed by atoms with Crippen molar-refractivity contribution in [1.82, 2.24) is 4.31 Å². The molecule has 3 rings (SSSR count). The van der Waals surface area contributed by atoms with E-state index < -0.39 is 27.9 Å². The third-order valence-corrected chi connectivity index (χ3v) is 7.23. The van der Waals surface area contributed by atoms with Crippen LogP contribution in [0.5, 0.6) is 0 Å². The summed E-state index contributed by atoms with van der Waals surface area (Å²) in [5.74, 6) is -0.990. The predicted octanol–water partition coefficient (Wildman–Crippen LogP) is 3.09. The Kier molecular flexibility index (Phi) is 5.77. The summed E-state index contributed by atoms with van der Waals surface area (Å²) in [6, 6.07) is 10.9. The summed E-state index contributed by atoms with van der Waals surface area (Å²) < 4.78 is 27.6. The van der Waals surface area contributed by atoms with Crippen molar-refractivity contribution in [2.75, 3.05) is 17.2 Å². The highest BCUT2D eigenvalue weighted by atomic mass is 32.2. The molecule has 154 valence electrons. The van der Waals surface area contributed by atoms with Gasteiger partial charge in [0.25, 0.3) is 0 Å². The highest BCUT2D eigenvalue weighted by Gasteiger charge is 2.34. The van der Waals surface area contributed by atoms with Crippen LogP contribution in [-0.2, 0) is 19.6 Å². The highest BCUT2D eigenvalue weighted by Crippen LogP contribution is 2.34. The summed E-state index contributed by atoms with van der Waals surface area (Å²) in [5.41, 5.74) is 2.93. The summed E-state index contributed by atoms with van der Waals surface area (Å²) in [6.07, 6.45) is 0. The van der Waals surface area contributed by atoms with E-state index in [9.17, 15) is 18.0 Å². The molecule has 0 bridgehead atoms. The molecule has 0 unspecified atom stereocenters. The third-order valence-electron chi connectivity index (χ3n) is 5.19. The van der Waals surface area contributed by atoms with Crippen LogP contribution in [0.4, 0.5) is 11.4 Å². The minimum Gasteiger partial charge on any atom is -0.325 e. The minimum absolute atomic E-state index is 0.0661. The number of rotatable bonds is 6. The second-order valence-corrected chi connectivity index (χ2v) is 9.09. The maximum Gasteiger partial charge on any atom is 0.243 e. The first-order valence-corrected chi connectivity index (χ1v) is 10.9. The highest BCUT2D eigenvalue weighted by molar-refractivity contribution is 7.89. The molecular weight excluding hydrogens is 390 g/mol. The van der Waals surface area contributed by atoms with Crippen LogP contribution in [0.25, 0.3) is 0 Å². The molecule has 0 radical (unpaired) electrons. The lowest BCUT2D eigenvalue weighted by Gasteiger charge is -2.26. The Hall–Kier alpha value is -2.71. The molecule has 0 aliphatic carbocycles. The van der Waals surface area contributed by atoms with Crippen molar-refractivity contribution < 1.29 is 18.0 Å². The second kappa shape index (κ2) is 7.96. The zero-order valence-electron chi connectivity index (χ0n) is 16.9. The van der Waals surface area contributed by atoms with Gasteiger partial charge in [-0.1, -0.05) is 24.6 Å². The molecule has 1 heterocycles. The Bertz CT molecular complexity index is 1050. The molecule has 0 fully saturated rings. The molecule has 0 saturated carbocycles. The lowest BCUT2D eigenvalue weighted by atomic mass is 10.0. The monoisotopic (exact) mass is 415 g/mol. The molecule has 8 heteroatoms. The maximum atomic E-state index is 13.2. The number of fused-ring (bicyclic) bond motifs is 1. The van der Waals surface area contributed by atoms with Crippen LogP contribution in [-0.4, -0.2) is 37.1 Å². The maximum absolute atomic E-state index is 13.2. The molecule has 1 aliphatic rings. The van der Waals surface area contributed by atoms with Gasteiger partial charge in [0.05, 0.1) is 10.8 Å². The molecule has 2 amide bonds. The van der Waals surface area contributed by atoms with Crippen molar-refractivity contribution >= 4 is 33.2 Å². The fourth-order valence-corrected chi connectivity index (χ4v) is 5.00. The number of anilines is 2. The van der Waals surface area contributed by atoms with Crippen molar-refractivity contribution in [3.63, 3.8) is 0 Å². The molecule has 7 nitrogen and oxygen atoms in total. The zero-order valence-corrected chi connectivity index (χ0v) is 17.7. The normalized spacial score (nSPS) is 17.0. The molecule has 1 aliphatic heterocycles. The molecule has 0 spiro atoms. The fourth-order valence-electron chi connectivity index (χ4n) is 3.36. The Morgan fingerprint density at radius 2 is 1.86 bits per heavy atom. The topological polar surface area (TPSA) is 95.6 Å². The van der Waals surface area contributed by atoms with Crippen molar-refractivity contribution in [2.45, 2.75) is 44.6 Å². The van der Waals surface area contributed by atoms with Gasteiger partial charge < -0.3 is 10.6 Å². The standard InChI is InChI=1S/C21H25N3O4S/c1-5-24(15(4)21(26)22-16-8-6-13(2)7-9-16)29(27,28)17-10-11-19-18(12-17)14(3)20(25)23-19/h6-12,14-15H,5H2,1-4H3,(H,22,26)(H,23,25)/t14-,15+/m0/s1.